The van der Waals surface area contributed by atoms with Gasteiger partial charge in [-0.15, -0.1) is 0 Å². The van der Waals surface area contributed by atoms with Crippen molar-refractivity contribution in [1.29, 1.82) is 0 Å². The first-order valence-electron chi connectivity index (χ1n) is 7.42. The van der Waals surface area contributed by atoms with Crippen LogP contribution < -0.4 is 5.73 Å². The van der Waals surface area contributed by atoms with E-state index in [4.69, 9.17) is 5.73 Å². The molecule has 2 aliphatic rings. The molecule has 0 aromatic carbocycles. The van der Waals surface area contributed by atoms with Gasteiger partial charge in [0.2, 0.25) is 0 Å². The van der Waals surface area contributed by atoms with Gasteiger partial charge < -0.3 is 5.73 Å². The fraction of sp³-hybridized carbons (Fsp3) is 1.00. The molecule has 0 amide bonds. The first kappa shape index (κ1) is 12.4. The highest BCUT2D eigenvalue weighted by Gasteiger charge is 2.33. The SMILES string of the molecule is CC1CC(C)CC(C2CCCCCC2N)C1. The van der Waals surface area contributed by atoms with Gasteiger partial charge in [0.05, 0.1) is 0 Å². The van der Waals surface area contributed by atoms with Crippen molar-refractivity contribution in [3.8, 4) is 0 Å². The Bertz CT molecular complexity index is 203. The zero-order valence-corrected chi connectivity index (χ0v) is 11.1. The minimum Gasteiger partial charge on any atom is -0.327 e. The lowest BCUT2D eigenvalue weighted by Gasteiger charge is -2.38. The summed E-state index contributed by atoms with van der Waals surface area (Å²) in [6.07, 6.45) is 11.2. The molecule has 2 saturated carbocycles. The van der Waals surface area contributed by atoms with Crippen LogP contribution in [0.2, 0.25) is 0 Å². The normalized spacial score (nSPS) is 46.3. The van der Waals surface area contributed by atoms with Crippen molar-refractivity contribution in [2.24, 2.45) is 29.4 Å². The highest BCUT2D eigenvalue weighted by molar-refractivity contribution is 4.86. The molecule has 0 bridgehead atoms. The maximum absolute atomic E-state index is 6.40. The van der Waals surface area contributed by atoms with E-state index in [-0.39, 0.29) is 0 Å². The highest BCUT2D eigenvalue weighted by Crippen LogP contribution is 2.41. The van der Waals surface area contributed by atoms with Crippen LogP contribution in [-0.2, 0) is 0 Å². The van der Waals surface area contributed by atoms with Crippen LogP contribution in [0.5, 0.6) is 0 Å². The maximum atomic E-state index is 6.40. The molecule has 4 atom stereocenters. The van der Waals surface area contributed by atoms with Crippen LogP contribution in [0.25, 0.3) is 0 Å². The number of nitrogens with two attached hydrogens (primary N) is 1. The van der Waals surface area contributed by atoms with Gasteiger partial charge in [0.25, 0.3) is 0 Å². The average molecular weight is 223 g/mol. The van der Waals surface area contributed by atoms with E-state index >= 15 is 0 Å². The van der Waals surface area contributed by atoms with Crippen molar-refractivity contribution in [2.45, 2.75) is 71.3 Å². The van der Waals surface area contributed by atoms with Crippen LogP contribution in [0.15, 0.2) is 0 Å². The molecule has 94 valence electrons. The van der Waals surface area contributed by atoms with Crippen LogP contribution >= 0.6 is 0 Å². The van der Waals surface area contributed by atoms with Crippen molar-refractivity contribution < 1.29 is 0 Å². The third-order valence-corrected chi connectivity index (χ3v) is 4.95. The third-order valence-electron chi connectivity index (χ3n) is 4.95. The topological polar surface area (TPSA) is 26.0 Å². The molecule has 16 heavy (non-hydrogen) atoms. The van der Waals surface area contributed by atoms with E-state index in [9.17, 15) is 0 Å². The minimum absolute atomic E-state index is 0.505. The summed E-state index contributed by atoms with van der Waals surface area (Å²) >= 11 is 0. The molecule has 0 aliphatic heterocycles. The first-order valence-corrected chi connectivity index (χ1v) is 7.42. The summed E-state index contributed by atoms with van der Waals surface area (Å²) in [7, 11) is 0. The van der Waals surface area contributed by atoms with Crippen LogP contribution in [0, 0.1) is 23.7 Å². The zero-order valence-electron chi connectivity index (χ0n) is 11.1. The van der Waals surface area contributed by atoms with Gasteiger partial charge in [-0.05, 0) is 55.8 Å². The molecule has 2 N–H and O–H groups in total. The zero-order chi connectivity index (χ0) is 11.5. The van der Waals surface area contributed by atoms with Crippen LogP contribution in [-0.4, -0.2) is 6.04 Å². The fourth-order valence-corrected chi connectivity index (χ4v) is 4.31. The summed E-state index contributed by atoms with van der Waals surface area (Å²) in [6.45, 7) is 4.87. The summed E-state index contributed by atoms with van der Waals surface area (Å²) in [5.41, 5.74) is 6.40. The lowest BCUT2D eigenvalue weighted by atomic mass is 9.68. The van der Waals surface area contributed by atoms with Gasteiger partial charge in [0.1, 0.15) is 0 Å². The molecular formula is C15H29N. The molecule has 2 aliphatic carbocycles. The van der Waals surface area contributed by atoms with Gasteiger partial charge in [0, 0.05) is 6.04 Å². The fourth-order valence-electron chi connectivity index (χ4n) is 4.31. The Hall–Kier alpha value is -0.0400. The molecule has 1 nitrogen and oxygen atoms in total. The molecule has 2 fully saturated rings. The predicted molar refractivity (Wildman–Crippen MR) is 70.2 cm³/mol. The second kappa shape index (κ2) is 5.53. The third kappa shape index (κ3) is 3.00. The summed E-state index contributed by atoms with van der Waals surface area (Å²) in [5, 5.41) is 0. The van der Waals surface area contributed by atoms with E-state index < -0.39 is 0 Å². The van der Waals surface area contributed by atoms with Crippen molar-refractivity contribution in [1.82, 2.24) is 0 Å². The quantitative estimate of drug-likeness (QED) is 0.669. The largest absolute Gasteiger partial charge is 0.327 e. The Balaban J connectivity index is 1.98. The molecule has 2 rings (SSSR count). The summed E-state index contributed by atoms with van der Waals surface area (Å²) in [4.78, 5) is 0. The summed E-state index contributed by atoms with van der Waals surface area (Å²) in [5.74, 6) is 3.65. The van der Waals surface area contributed by atoms with Crippen molar-refractivity contribution in [3.05, 3.63) is 0 Å². The Morgan fingerprint density at radius 3 is 2.12 bits per heavy atom. The van der Waals surface area contributed by atoms with E-state index in [1.54, 1.807) is 0 Å². The van der Waals surface area contributed by atoms with E-state index in [0.29, 0.717) is 6.04 Å². The Labute approximate surface area is 101 Å². The Kier molecular flexibility index (Phi) is 4.29. The Morgan fingerprint density at radius 1 is 0.812 bits per heavy atom. The van der Waals surface area contributed by atoms with Crippen molar-refractivity contribution in [3.63, 3.8) is 0 Å². The second-order valence-corrected chi connectivity index (χ2v) is 6.64. The van der Waals surface area contributed by atoms with E-state index in [1.165, 1.54) is 51.4 Å². The standard InChI is InChI=1S/C15H29N/c1-11-8-12(2)10-13(9-11)14-6-4-3-5-7-15(14)16/h11-15H,3-10,16H2,1-2H3. The molecule has 0 radical (unpaired) electrons. The monoisotopic (exact) mass is 223 g/mol. The molecule has 1 heteroatoms. The molecule has 0 aromatic heterocycles. The molecule has 4 unspecified atom stereocenters. The van der Waals surface area contributed by atoms with Crippen molar-refractivity contribution in [2.75, 3.05) is 0 Å². The van der Waals surface area contributed by atoms with Gasteiger partial charge in [-0.1, -0.05) is 33.1 Å². The first-order chi connectivity index (χ1) is 7.66. The maximum Gasteiger partial charge on any atom is 0.00698 e. The summed E-state index contributed by atoms with van der Waals surface area (Å²) in [6, 6.07) is 0.505. The van der Waals surface area contributed by atoms with E-state index in [2.05, 4.69) is 13.8 Å². The minimum atomic E-state index is 0.505. The van der Waals surface area contributed by atoms with Gasteiger partial charge in [0.15, 0.2) is 0 Å². The summed E-state index contributed by atoms with van der Waals surface area (Å²) < 4.78 is 0. The Morgan fingerprint density at radius 2 is 1.44 bits per heavy atom. The number of hydrogen-bond donors (Lipinski definition) is 1. The van der Waals surface area contributed by atoms with Crippen molar-refractivity contribution >= 4 is 0 Å². The average Bonchev–Trinajstić information content (AvgIpc) is 2.41. The van der Waals surface area contributed by atoms with E-state index in [1.807, 2.05) is 0 Å². The van der Waals surface area contributed by atoms with Crippen LogP contribution in [0.1, 0.15) is 65.2 Å². The van der Waals surface area contributed by atoms with Gasteiger partial charge >= 0.3 is 0 Å². The van der Waals surface area contributed by atoms with Gasteiger partial charge in [-0.25, -0.2) is 0 Å². The molecule has 0 spiro atoms. The number of rotatable bonds is 1. The van der Waals surface area contributed by atoms with E-state index in [0.717, 1.165) is 23.7 Å². The van der Waals surface area contributed by atoms with Gasteiger partial charge in [-0.2, -0.15) is 0 Å². The molecule has 0 heterocycles. The lowest BCUT2D eigenvalue weighted by molar-refractivity contribution is 0.137. The second-order valence-electron chi connectivity index (χ2n) is 6.64. The van der Waals surface area contributed by atoms with Crippen LogP contribution in [0.4, 0.5) is 0 Å². The molecule has 0 aromatic rings. The lowest BCUT2D eigenvalue weighted by Crippen LogP contribution is -2.37. The smallest absolute Gasteiger partial charge is 0.00698 e. The molecule has 0 saturated heterocycles. The van der Waals surface area contributed by atoms with Gasteiger partial charge in [-0.3, -0.25) is 0 Å². The number of hydrogen-bond acceptors (Lipinski definition) is 1. The predicted octanol–water partition coefficient (Wildman–Crippen LogP) is 3.97. The highest BCUT2D eigenvalue weighted by atomic mass is 14.7. The molecular weight excluding hydrogens is 194 g/mol. The van der Waals surface area contributed by atoms with Crippen LogP contribution in [0.3, 0.4) is 0 Å².